The summed E-state index contributed by atoms with van der Waals surface area (Å²) in [7, 11) is 2.06. The molecule has 1 aliphatic heterocycles. The molecule has 1 aliphatic rings. The van der Waals surface area contributed by atoms with Gasteiger partial charge in [0.2, 0.25) is 5.91 Å². The molecule has 0 radical (unpaired) electrons. The molecular weight excluding hydrogens is 378 g/mol. The molecule has 1 unspecified atom stereocenters. The maximum Gasteiger partial charge on any atom is 0.244 e. The van der Waals surface area contributed by atoms with E-state index in [4.69, 9.17) is 9.84 Å². The van der Waals surface area contributed by atoms with Crippen LogP contribution in [0, 0.1) is 0 Å². The first-order valence-electron chi connectivity index (χ1n) is 10.0. The number of carbonyl (C=O) groups excluding carboxylic acids is 1. The van der Waals surface area contributed by atoms with Crippen molar-refractivity contribution in [2.24, 2.45) is 0 Å². The van der Waals surface area contributed by atoms with Crippen LogP contribution in [-0.4, -0.2) is 65.0 Å². The van der Waals surface area contributed by atoms with Crippen molar-refractivity contribution in [3.8, 4) is 16.9 Å². The van der Waals surface area contributed by atoms with Gasteiger partial charge in [0.1, 0.15) is 5.69 Å². The van der Waals surface area contributed by atoms with Crippen LogP contribution in [-0.2, 0) is 9.53 Å². The summed E-state index contributed by atoms with van der Waals surface area (Å²) >= 11 is 0. The first-order chi connectivity index (χ1) is 14.7. The number of likely N-dealkylation sites (N-methyl/N-ethyl adjacent to an activating group) is 1. The molecule has 7 heteroatoms. The number of ether oxygens (including phenoxy) is 1. The number of hydrogen-bond acceptors (Lipinski definition) is 5. The standard InChI is InChI=1S/C23H25N5O2/c1-27-12-13-30-21(17-27)15-25-22(29)10-9-19-16-28(20-7-3-2-4-8-20)26-23(19)18-6-5-11-24-14-18/h2-11,14,16,21H,12-13,15,17H2,1H3,(H,25,29). The number of nitrogens with zero attached hydrogens (tertiary/aromatic N) is 4. The Balaban J connectivity index is 1.50. The largest absolute Gasteiger partial charge is 0.374 e. The quantitative estimate of drug-likeness (QED) is 0.640. The number of aromatic nitrogens is 3. The average Bonchev–Trinajstić information content (AvgIpc) is 3.22. The summed E-state index contributed by atoms with van der Waals surface area (Å²) in [6.07, 6.45) is 8.77. The highest BCUT2D eigenvalue weighted by atomic mass is 16.5. The molecule has 1 aromatic carbocycles. The second kappa shape index (κ2) is 9.47. The molecule has 3 heterocycles. The first kappa shape index (κ1) is 20.0. The van der Waals surface area contributed by atoms with Gasteiger partial charge in [-0.15, -0.1) is 0 Å². The second-order valence-corrected chi connectivity index (χ2v) is 7.29. The second-order valence-electron chi connectivity index (χ2n) is 7.29. The molecule has 1 saturated heterocycles. The fraction of sp³-hybridized carbons (Fsp3) is 0.261. The minimum absolute atomic E-state index is 0.0212. The van der Waals surface area contributed by atoms with Crippen molar-refractivity contribution in [1.29, 1.82) is 0 Å². The molecule has 1 amide bonds. The molecule has 7 nitrogen and oxygen atoms in total. The predicted molar refractivity (Wildman–Crippen MR) is 116 cm³/mol. The molecule has 1 fully saturated rings. The van der Waals surface area contributed by atoms with E-state index < -0.39 is 0 Å². The van der Waals surface area contributed by atoms with E-state index in [2.05, 4.69) is 22.2 Å². The van der Waals surface area contributed by atoms with Gasteiger partial charge in [0.25, 0.3) is 0 Å². The summed E-state index contributed by atoms with van der Waals surface area (Å²) in [6, 6.07) is 13.7. The smallest absolute Gasteiger partial charge is 0.244 e. The number of carbonyl (C=O) groups is 1. The van der Waals surface area contributed by atoms with E-state index >= 15 is 0 Å². The Morgan fingerprint density at radius 1 is 1.27 bits per heavy atom. The molecule has 4 rings (SSSR count). The summed E-state index contributed by atoms with van der Waals surface area (Å²) < 4.78 is 7.50. The van der Waals surface area contributed by atoms with Crippen LogP contribution in [0.15, 0.2) is 67.1 Å². The number of rotatable bonds is 6. The van der Waals surface area contributed by atoms with Gasteiger partial charge in [-0.1, -0.05) is 18.2 Å². The molecule has 0 bridgehead atoms. The van der Waals surface area contributed by atoms with Gasteiger partial charge in [-0.05, 0) is 37.4 Å². The van der Waals surface area contributed by atoms with Crippen LogP contribution in [0.5, 0.6) is 0 Å². The minimum atomic E-state index is -0.156. The van der Waals surface area contributed by atoms with E-state index in [-0.39, 0.29) is 12.0 Å². The number of amides is 1. The summed E-state index contributed by atoms with van der Waals surface area (Å²) in [5.41, 5.74) is 3.46. The van der Waals surface area contributed by atoms with Crippen molar-refractivity contribution in [3.05, 3.63) is 72.7 Å². The van der Waals surface area contributed by atoms with Crippen LogP contribution in [0.25, 0.3) is 23.0 Å². The third-order valence-electron chi connectivity index (χ3n) is 4.96. The van der Waals surface area contributed by atoms with Crippen molar-refractivity contribution in [2.75, 3.05) is 33.3 Å². The third kappa shape index (κ3) is 5.00. The monoisotopic (exact) mass is 403 g/mol. The maximum atomic E-state index is 12.4. The number of morpholine rings is 1. The van der Waals surface area contributed by atoms with Gasteiger partial charge < -0.3 is 15.0 Å². The lowest BCUT2D eigenvalue weighted by Crippen LogP contribution is -2.45. The van der Waals surface area contributed by atoms with Crippen molar-refractivity contribution in [2.45, 2.75) is 6.10 Å². The van der Waals surface area contributed by atoms with Crippen LogP contribution in [0.1, 0.15) is 5.56 Å². The van der Waals surface area contributed by atoms with Crippen molar-refractivity contribution in [3.63, 3.8) is 0 Å². The van der Waals surface area contributed by atoms with Crippen molar-refractivity contribution >= 4 is 12.0 Å². The Labute approximate surface area is 176 Å². The molecule has 154 valence electrons. The van der Waals surface area contributed by atoms with Gasteiger partial charge in [0, 0.05) is 55.4 Å². The van der Waals surface area contributed by atoms with Crippen LogP contribution < -0.4 is 5.32 Å². The van der Waals surface area contributed by atoms with Crippen molar-refractivity contribution < 1.29 is 9.53 Å². The number of nitrogens with one attached hydrogen (secondary N) is 1. The molecular formula is C23H25N5O2. The van der Waals surface area contributed by atoms with Gasteiger partial charge in [-0.25, -0.2) is 4.68 Å². The topological polar surface area (TPSA) is 72.3 Å². The maximum absolute atomic E-state index is 12.4. The van der Waals surface area contributed by atoms with E-state index in [1.165, 1.54) is 0 Å². The lowest BCUT2D eigenvalue weighted by molar-refractivity contribution is -0.117. The van der Waals surface area contributed by atoms with Crippen LogP contribution in [0.3, 0.4) is 0 Å². The zero-order valence-corrected chi connectivity index (χ0v) is 16.9. The Bertz CT molecular complexity index is 1000. The average molecular weight is 403 g/mol. The zero-order valence-electron chi connectivity index (χ0n) is 16.9. The summed E-state index contributed by atoms with van der Waals surface area (Å²) in [6.45, 7) is 2.93. The highest BCUT2D eigenvalue weighted by molar-refractivity contribution is 5.92. The van der Waals surface area contributed by atoms with Crippen molar-refractivity contribution in [1.82, 2.24) is 25.0 Å². The number of pyridine rings is 1. The lowest BCUT2D eigenvalue weighted by Gasteiger charge is -2.29. The van der Waals surface area contributed by atoms with Crippen LogP contribution in [0.4, 0.5) is 0 Å². The molecule has 0 spiro atoms. The summed E-state index contributed by atoms with van der Waals surface area (Å²) in [5, 5.41) is 7.65. The van der Waals surface area contributed by atoms with Gasteiger partial charge in [0.15, 0.2) is 0 Å². The lowest BCUT2D eigenvalue weighted by atomic mass is 10.1. The van der Waals surface area contributed by atoms with Gasteiger partial charge >= 0.3 is 0 Å². The predicted octanol–water partition coefficient (Wildman–Crippen LogP) is 2.39. The molecule has 0 saturated carbocycles. The number of benzene rings is 1. The first-order valence-corrected chi connectivity index (χ1v) is 10.0. The van der Waals surface area contributed by atoms with E-state index in [0.29, 0.717) is 13.2 Å². The van der Waals surface area contributed by atoms with Crippen LogP contribution >= 0.6 is 0 Å². The summed E-state index contributed by atoms with van der Waals surface area (Å²) in [4.78, 5) is 18.8. The van der Waals surface area contributed by atoms with Gasteiger partial charge in [-0.2, -0.15) is 5.10 Å². The Hall–Kier alpha value is -3.29. The molecule has 3 aromatic rings. The Kier molecular flexibility index (Phi) is 6.32. The van der Waals surface area contributed by atoms with E-state index in [1.54, 1.807) is 24.5 Å². The number of hydrogen-bond donors (Lipinski definition) is 1. The minimum Gasteiger partial charge on any atom is -0.374 e. The molecule has 0 aliphatic carbocycles. The van der Waals surface area contributed by atoms with Crippen LogP contribution in [0.2, 0.25) is 0 Å². The molecule has 2 aromatic heterocycles. The normalized spacial score (nSPS) is 17.3. The van der Waals surface area contributed by atoms with E-state index in [1.807, 2.05) is 53.3 Å². The third-order valence-corrected chi connectivity index (χ3v) is 4.96. The summed E-state index contributed by atoms with van der Waals surface area (Å²) in [5.74, 6) is -0.156. The fourth-order valence-corrected chi connectivity index (χ4v) is 3.38. The molecule has 30 heavy (non-hydrogen) atoms. The van der Waals surface area contributed by atoms with E-state index in [0.717, 1.165) is 35.6 Å². The number of para-hydroxylation sites is 1. The fourth-order valence-electron chi connectivity index (χ4n) is 3.38. The molecule has 1 N–H and O–H groups in total. The Morgan fingerprint density at radius 3 is 2.90 bits per heavy atom. The van der Waals surface area contributed by atoms with Gasteiger partial charge in [0.05, 0.1) is 18.4 Å². The molecule has 1 atom stereocenters. The highest BCUT2D eigenvalue weighted by Crippen LogP contribution is 2.24. The Morgan fingerprint density at radius 2 is 2.13 bits per heavy atom. The highest BCUT2D eigenvalue weighted by Gasteiger charge is 2.18. The zero-order chi connectivity index (χ0) is 20.8. The van der Waals surface area contributed by atoms with E-state index in [9.17, 15) is 4.79 Å². The van der Waals surface area contributed by atoms with Gasteiger partial charge in [-0.3, -0.25) is 9.78 Å². The SMILES string of the molecule is CN1CCOC(CNC(=O)C=Cc2cn(-c3ccccc3)nc2-c2cccnc2)C1.